The van der Waals surface area contributed by atoms with Gasteiger partial charge in [0.2, 0.25) is 0 Å². The molecule has 0 amide bonds. The SMILES string of the molecule is [Pt+2].[c-]1cocc1-c1cccc(N(c2ccccc2)c2cccc(-n3[c-]ccc3)n2)n1. The largest absolute Gasteiger partial charge is 2.00 e. The third-order valence-corrected chi connectivity index (χ3v) is 4.46. The van der Waals surface area contributed by atoms with Crippen molar-refractivity contribution in [2.45, 2.75) is 0 Å². The first-order chi connectivity index (χ1) is 14.4. The van der Waals surface area contributed by atoms with Gasteiger partial charge in [0.05, 0.1) is 5.82 Å². The minimum atomic E-state index is 0. The quantitative estimate of drug-likeness (QED) is 0.258. The Bertz CT molecular complexity index is 1130. The van der Waals surface area contributed by atoms with Crippen molar-refractivity contribution in [3.8, 4) is 17.1 Å². The monoisotopic (exact) mass is 571 g/mol. The standard InChI is InChI=1S/C24H16N4O.Pt/c1-2-8-20(9-3-1)28(23-12-6-10-21(25-23)19-14-17-29-18-19)24-13-7-11-22(26-24)27-15-4-5-16-27;/h1-13,15,17-18H;/q-2;+2. The van der Waals surface area contributed by atoms with E-state index in [9.17, 15) is 0 Å². The van der Waals surface area contributed by atoms with Crippen LogP contribution in [0.5, 0.6) is 0 Å². The molecule has 0 aliphatic heterocycles. The van der Waals surface area contributed by atoms with Gasteiger partial charge in [0.1, 0.15) is 11.6 Å². The molecule has 0 fully saturated rings. The van der Waals surface area contributed by atoms with Gasteiger partial charge in [-0.3, -0.25) is 14.9 Å². The molecule has 0 spiro atoms. The van der Waals surface area contributed by atoms with Crippen molar-refractivity contribution in [1.29, 1.82) is 0 Å². The van der Waals surface area contributed by atoms with Crippen molar-refractivity contribution in [3.63, 3.8) is 0 Å². The second kappa shape index (κ2) is 8.93. The average molecular weight is 571 g/mol. The number of nitrogens with zero attached hydrogens (tertiary/aromatic N) is 4. The van der Waals surface area contributed by atoms with E-state index >= 15 is 0 Å². The first-order valence-corrected chi connectivity index (χ1v) is 9.17. The molecule has 4 aromatic heterocycles. The Balaban J connectivity index is 0.00000218. The number of furan rings is 1. The number of aromatic nitrogens is 3. The summed E-state index contributed by atoms with van der Waals surface area (Å²) in [6.45, 7) is 0. The number of pyridine rings is 2. The molecule has 5 rings (SSSR count). The summed E-state index contributed by atoms with van der Waals surface area (Å²) in [5, 5.41) is 0. The van der Waals surface area contributed by atoms with E-state index < -0.39 is 0 Å². The maximum Gasteiger partial charge on any atom is 2.00 e. The molecule has 0 aliphatic rings. The smallest absolute Gasteiger partial charge is 0.543 e. The number of benzene rings is 1. The Morgan fingerprint density at radius 2 is 1.63 bits per heavy atom. The van der Waals surface area contributed by atoms with Crippen LogP contribution in [0.3, 0.4) is 0 Å². The van der Waals surface area contributed by atoms with Gasteiger partial charge >= 0.3 is 21.1 Å². The van der Waals surface area contributed by atoms with E-state index in [0.29, 0.717) is 0 Å². The van der Waals surface area contributed by atoms with E-state index in [-0.39, 0.29) is 21.1 Å². The molecule has 148 valence electrons. The Morgan fingerprint density at radius 1 is 0.833 bits per heavy atom. The Labute approximate surface area is 188 Å². The number of para-hydroxylation sites is 1. The van der Waals surface area contributed by atoms with Crippen LogP contribution in [0.1, 0.15) is 0 Å². The summed E-state index contributed by atoms with van der Waals surface area (Å²) in [5.74, 6) is 2.30. The number of hydrogen-bond donors (Lipinski definition) is 0. The summed E-state index contributed by atoms with van der Waals surface area (Å²) in [6.07, 6.45) is 8.22. The molecular formula is C24H16N4OPt. The van der Waals surface area contributed by atoms with Crippen molar-refractivity contribution >= 4 is 17.3 Å². The molecule has 0 bridgehead atoms. The van der Waals surface area contributed by atoms with E-state index in [1.165, 1.54) is 6.26 Å². The zero-order chi connectivity index (χ0) is 19.5. The maximum atomic E-state index is 5.17. The van der Waals surface area contributed by atoms with Crippen molar-refractivity contribution in [1.82, 2.24) is 14.5 Å². The second-order valence-corrected chi connectivity index (χ2v) is 6.34. The predicted octanol–water partition coefficient (Wildman–Crippen LogP) is 5.59. The van der Waals surface area contributed by atoms with Crippen LogP contribution < -0.4 is 4.90 Å². The van der Waals surface area contributed by atoms with Crippen LogP contribution in [0, 0.1) is 12.3 Å². The predicted molar refractivity (Wildman–Crippen MR) is 111 cm³/mol. The van der Waals surface area contributed by atoms with Crippen molar-refractivity contribution in [2.75, 3.05) is 4.90 Å². The van der Waals surface area contributed by atoms with Crippen molar-refractivity contribution < 1.29 is 25.5 Å². The van der Waals surface area contributed by atoms with E-state index in [4.69, 9.17) is 14.4 Å². The third kappa shape index (κ3) is 3.98. The fourth-order valence-electron chi connectivity index (χ4n) is 3.13. The molecule has 1 aromatic carbocycles. The minimum Gasteiger partial charge on any atom is -0.543 e. The number of rotatable bonds is 5. The van der Waals surface area contributed by atoms with E-state index in [1.807, 2.05) is 94.5 Å². The summed E-state index contributed by atoms with van der Waals surface area (Å²) in [5.41, 5.74) is 2.56. The second-order valence-electron chi connectivity index (χ2n) is 6.34. The van der Waals surface area contributed by atoms with Crippen LogP contribution in [-0.4, -0.2) is 14.5 Å². The van der Waals surface area contributed by atoms with E-state index in [2.05, 4.69) is 12.3 Å². The summed E-state index contributed by atoms with van der Waals surface area (Å²) in [4.78, 5) is 11.7. The molecule has 30 heavy (non-hydrogen) atoms. The first kappa shape index (κ1) is 19.9. The zero-order valence-electron chi connectivity index (χ0n) is 15.8. The van der Waals surface area contributed by atoms with Crippen LogP contribution in [0.2, 0.25) is 0 Å². The zero-order valence-corrected chi connectivity index (χ0v) is 18.0. The van der Waals surface area contributed by atoms with Crippen LogP contribution in [-0.2, 0) is 21.1 Å². The van der Waals surface area contributed by atoms with Gasteiger partial charge in [-0.2, -0.15) is 6.07 Å². The van der Waals surface area contributed by atoms with Gasteiger partial charge in [-0.05, 0) is 36.2 Å². The van der Waals surface area contributed by atoms with E-state index in [0.717, 1.165) is 34.4 Å². The van der Waals surface area contributed by atoms with Crippen LogP contribution in [0.4, 0.5) is 17.3 Å². The molecule has 0 atom stereocenters. The number of anilines is 3. The molecule has 4 heterocycles. The fourth-order valence-corrected chi connectivity index (χ4v) is 3.13. The van der Waals surface area contributed by atoms with Gasteiger partial charge in [0.25, 0.3) is 0 Å². The summed E-state index contributed by atoms with van der Waals surface area (Å²) < 4.78 is 7.03. The van der Waals surface area contributed by atoms with Gasteiger partial charge in [0, 0.05) is 12.0 Å². The molecule has 0 unspecified atom stereocenters. The van der Waals surface area contributed by atoms with E-state index in [1.54, 1.807) is 6.26 Å². The first-order valence-electron chi connectivity index (χ1n) is 9.17. The molecule has 0 saturated heterocycles. The molecule has 6 heteroatoms. The average Bonchev–Trinajstić information content (AvgIpc) is 3.50. The van der Waals surface area contributed by atoms with Gasteiger partial charge in [-0.15, -0.1) is 23.9 Å². The minimum absolute atomic E-state index is 0. The summed E-state index contributed by atoms with van der Waals surface area (Å²) in [7, 11) is 0. The Kier molecular flexibility index (Phi) is 5.91. The summed E-state index contributed by atoms with van der Waals surface area (Å²) >= 11 is 0. The van der Waals surface area contributed by atoms with Gasteiger partial charge in [0.15, 0.2) is 0 Å². The van der Waals surface area contributed by atoms with Crippen LogP contribution in [0.25, 0.3) is 17.1 Å². The van der Waals surface area contributed by atoms with Gasteiger partial charge in [-0.25, -0.2) is 0 Å². The molecular weight excluding hydrogens is 555 g/mol. The molecule has 0 aliphatic carbocycles. The van der Waals surface area contributed by atoms with Crippen molar-refractivity contribution in [3.05, 3.63) is 110 Å². The molecule has 0 N–H and O–H groups in total. The van der Waals surface area contributed by atoms with Gasteiger partial charge in [-0.1, -0.05) is 48.7 Å². The fraction of sp³-hybridized carbons (Fsp3) is 0. The van der Waals surface area contributed by atoms with Crippen LogP contribution >= 0.6 is 0 Å². The Morgan fingerprint density at radius 3 is 2.37 bits per heavy atom. The molecule has 0 saturated carbocycles. The molecule has 0 radical (unpaired) electrons. The topological polar surface area (TPSA) is 47.1 Å². The Hall–Kier alpha value is -3.43. The number of hydrogen-bond acceptors (Lipinski definition) is 4. The molecule has 5 nitrogen and oxygen atoms in total. The van der Waals surface area contributed by atoms with Crippen LogP contribution in [0.15, 0.2) is 102 Å². The third-order valence-electron chi connectivity index (χ3n) is 4.46. The van der Waals surface area contributed by atoms with Crippen molar-refractivity contribution in [2.24, 2.45) is 0 Å². The summed E-state index contributed by atoms with van der Waals surface area (Å²) in [6, 6.07) is 28.7. The molecule has 5 aromatic rings. The normalized spacial score (nSPS) is 10.4. The van der Waals surface area contributed by atoms with Gasteiger partial charge < -0.3 is 8.98 Å². The maximum absolute atomic E-state index is 5.17.